The van der Waals surface area contributed by atoms with Gasteiger partial charge in [-0.15, -0.1) is 11.3 Å². The molecule has 0 aliphatic heterocycles. The molecule has 3 nitrogen and oxygen atoms in total. The van der Waals surface area contributed by atoms with Crippen molar-refractivity contribution >= 4 is 43.2 Å². The molecule has 0 saturated heterocycles. The molecule has 0 aliphatic carbocycles. The van der Waals surface area contributed by atoms with Crippen LogP contribution in [0.25, 0.3) is 0 Å². The molecule has 2 aromatic heterocycles. The van der Waals surface area contributed by atoms with Gasteiger partial charge in [0.2, 0.25) is 0 Å². The molecule has 2 rings (SSSR count). The Bertz CT molecular complexity index is 536. The van der Waals surface area contributed by atoms with Gasteiger partial charge in [-0.2, -0.15) is 5.10 Å². The standard InChI is InChI=1S/C13H17Br2N3S/c1-3-16-11(10-6-12(14)19-13(10)15)5-9-7-17-18(4-2)8-9/h6-8,11,16H,3-5H2,1-2H3. The number of hydrogen-bond acceptors (Lipinski definition) is 3. The van der Waals surface area contributed by atoms with E-state index in [-0.39, 0.29) is 0 Å². The highest BCUT2D eigenvalue weighted by molar-refractivity contribution is 9.12. The van der Waals surface area contributed by atoms with Gasteiger partial charge in [-0.05, 0) is 68.9 Å². The number of nitrogens with zero attached hydrogens (tertiary/aromatic N) is 2. The smallest absolute Gasteiger partial charge is 0.0758 e. The van der Waals surface area contributed by atoms with E-state index in [1.165, 1.54) is 14.9 Å². The Hall–Kier alpha value is -0.170. The summed E-state index contributed by atoms with van der Waals surface area (Å²) in [5.74, 6) is 0. The summed E-state index contributed by atoms with van der Waals surface area (Å²) in [7, 11) is 0. The monoisotopic (exact) mass is 405 g/mol. The quantitative estimate of drug-likeness (QED) is 0.771. The maximum atomic E-state index is 4.34. The average Bonchev–Trinajstić information content (AvgIpc) is 2.95. The van der Waals surface area contributed by atoms with Crippen molar-refractivity contribution in [3.8, 4) is 0 Å². The van der Waals surface area contributed by atoms with Gasteiger partial charge in [-0.1, -0.05) is 6.92 Å². The summed E-state index contributed by atoms with van der Waals surface area (Å²) in [4.78, 5) is 0. The van der Waals surface area contributed by atoms with Crippen LogP contribution in [0.3, 0.4) is 0 Å². The molecule has 0 aliphatic rings. The van der Waals surface area contributed by atoms with Crippen LogP contribution in [0.5, 0.6) is 0 Å². The van der Waals surface area contributed by atoms with Crippen LogP contribution in [-0.4, -0.2) is 16.3 Å². The van der Waals surface area contributed by atoms with E-state index in [4.69, 9.17) is 0 Å². The average molecular weight is 407 g/mol. The van der Waals surface area contributed by atoms with Crippen LogP contribution >= 0.6 is 43.2 Å². The second-order valence-corrected chi connectivity index (χ2v) is 8.05. The van der Waals surface area contributed by atoms with Crippen LogP contribution in [0.2, 0.25) is 0 Å². The minimum absolute atomic E-state index is 0.316. The molecule has 0 radical (unpaired) electrons. The highest BCUT2D eigenvalue weighted by atomic mass is 79.9. The van der Waals surface area contributed by atoms with Crippen LogP contribution in [-0.2, 0) is 13.0 Å². The van der Waals surface area contributed by atoms with E-state index >= 15 is 0 Å². The van der Waals surface area contributed by atoms with Crippen LogP contribution in [0.15, 0.2) is 26.0 Å². The van der Waals surface area contributed by atoms with Crippen molar-refractivity contribution < 1.29 is 0 Å². The maximum absolute atomic E-state index is 4.34. The molecular formula is C13H17Br2N3S. The first-order valence-electron chi connectivity index (χ1n) is 6.33. The predicted molar refractivity (Wildman–Crippen MR) is 87.7 cm³/mol. The third kappa shape index (κ3) is 3.90. The first-order chi connectivity index (χ1) is 9.13. The van der Waals surface area contributed by atoms with Crippen molar-refractivity contribution in [1.82, 2.24) is 15.1 Å². The third-order valence-corrected chi connectivity index (χ3v) is 5.35. The zero-order valence-corrected chi connectivity index (χ0v) is 15.0. The molecule has 104 valence electrons. The third-order valence-electron chi connectivity index (χ3n) is 2.96. The molecule has 0 saturated carbocycles. The van der Waals surface area contributed by atoms with E-state index in [0.29, 0.717) is 6.04 Å². The highest BCUT2D eigenvalue weighted by Gasteiger charge is 2.17. The van der Waals surface area contributed by atoms with Gasteiger partial charge in [-0.3, -0.25) is 4.68 Å². The van der Waals surface area contributed by atoms with Gasteiger partial charge in [-0.25, -0.2) is 0 Å². The molecule has 19 heavy (non-hydrogen) atoms. The lowest BCUT2D eigenvalue weighted by atomic mass is 10.0. The minimum Gasteiger partial charge on any atom is -0.310 e. The van der Waals surface area contributed by atoms with Crippen molar-refractivity contribution in [1.29, 1.82) is 0 Å². The van der Waals surface area contributed by atoms with E-state index in [1.807, 2.05) is 10.9 Å². The van der Waals surface area contributed by atoms with Gasteiger partial charge in [0.05, 0.1) is 13.8 Å². The lowest BCUT2D eigenvalue weighted by Gasteiger charge is -2.16. The number of hydrogen-bond donors (Lipinski definition) is 1. The zero-order chi connectivity index (χ0) is 13.8. The molecule has 0 bridgehead atoms. The summed E-state index contributed by atoms with van der Waals surface area (Å²) in [6, 6.07) is 2.50. The van der Waals surface area contributed by atoms with Gasteiger partial charge in [0.25, 0.3) is 0 Å². The molecule has 2 aromatic rings. The fraction of sp³-hybridized carbons (Fsp3) is 0.462. The molecule has 1 atom stereocenters. The number of nitrogens with one attached hydrogen (secondary N) is 1. The van der Waals surface area contributed by atoms with Gasteiger partial charge in [0.15, 0.2) is 0 Å². The molecule has 0 amide bonds. The normalized spacial score (nSPS) is 12.8. The van der Waals surface area contributed by atoms with Gasteiger partial charge in [0.1, 0.15) is 0 Å². The maximum Gasteiger partial charge on any atom is 0.0758 e. The van der Waals surface area contributed by atoms with Crippen LogP contribution in [0, 0.1) is 0 Å². The first kappa shape index (κ1) is 15.2. The summed E-state index contributed by atoms with van der Waals surface area (Å²) in [6.07, 6.45) is 5.04. The summed E-state index contributed by atoms with van der Waals surface area (Å²) >= 11 is 8.91. The summed E-state index contributed by atoms with van der Waals surface area (Å²) in [5.41, 5.74) is 2.57. The fourth-order valence-electron chi connectivity index (χ4n) is 2.05. The van der Waals surface area contributed by atoms with Crippen molar-refractivity contribution in [3.63, 3.8) is 0 Å². The molecule has 2 heterocycles. The summed E-state index contributed by atoms with van der Waals surface area (Å²) in [5, 5.41) is 7.89. The summed E-state index contributed by atoms with van der Waals surface area (Å²) < 4.78 is 4.31. The lowest BCUT2D eigenvalue weighted by molar-refractivity contribution is 0.549. The second kappa shape index (κ2) is 7.02. The number of rotatable bonds is 6. The number of aromatic nitrogens is 2. The van der Waals surface area contributed by atoms with Crippen molar-refractivity contribution in [3.05, 3.63) is 37.2 Å². The Morgan fingerprint density at radius 1 is 1.42 bits per heavy atom. The van der Waals surface area contributed by atoms with Gasteiger partial charge >= 0.3 is 0 Å². The van der Waals surface area contributed by atoms with E-state index in [9.17, 15) is 0 Å². The van der Waals surface area contributed by atoms with Gasteiger partial charge in [0, 0.05) is 18.8 Å². The van der Waals surface area contributed by atoms with E-state index in [0.717, 1.165) is 23.3 Å². The largest absolute Gasteiger partial charge is 0.310 e. The molecule has 1 N–H and O–H groups in total. The van der Waals surface area contributed by atoms with Crippen LogP contribution in [0.4, 0.5) is 0 Å². The van der Waals surface area contributed by atoms with E-state index in [1.54, 1.807) is 11.3 Å². The topological polar surface area (TPSA) is 29.9 Å². The Balaban J connectivity index is 2.18. The first-order valence-corrected chi connectivity index (χ1v) is 8.73. The Morgan fingerprint density at radius 3 is 2.74 bits per heavy atom. The molecule has 1 unspecified atom stereocenters. The van der Waals surface area contributed by atoms with Crippen molar-refractivity contribution in [2.24, 2.45) is 0 Å². The molecule has 6 heteroatoms. The lowest BCUT2D eigenvalue weighted by Crippen LogP contribution is -2.22. The number of halogens is 2. The molecule has 0 aromatic carbocycles. The van der Waals surface area contributed by atoms with E-state index in [2.05, 4.69) is 68.4 Å². The van der Waals surface area contributed by atoms with Gasteiger partial charge < -0.3 is 5.32 Å². The fourth-order valence-corrected chi connectivity index (χ4v) is 5.02. The molecular weight excluding hydrogens is 390 g/mol. The Kier molecular flexibility index (Phi) is 5.62. The Morgan fingerprint density at radius 2 is 2.21 bits per heavy atom. The van der Waals surface area contributed by atoms with Crippen molar-refractivity contribution in [2.75, 3.05) is 6.54 Å². The predicted octanol–water partition coefficient (Wildman–Crippen LogP) is 4.38. The minimum atomic E-state index is 0.316. The van der Waals surface area contributed by atoms with Crippen molar-refractivity contribution in [2.45, 2.75) is 32.9 Å². The molecule has 0 spiro atoms. The number of aryl methyl sites for hydroxylation is 1. The second-order valence-electron chi connectivity index (χ2n) is 4.30. The van der Waals surface area contributed by atoms with Crippen LogP contribution < -0.4 is 5.32 Å². The highest BCUT2D eigenvalue weighted by Crippen LogP contribution is 2.36. The zero-order valence-electron chi connectivity index (χ0n) is 11.0. The molecule has 0 fully saturated rings. The Labute approximate surface area is 134 Å². The number of thiophene rings is 1. The SMILES string of the molecule is CCNC(Cc1cnn(CC)c1)c1cc(Br)sc1Br. The van der Waals surface area contributed by atoms with Crippen LogP contribution in [0.1, 0.15) is 31.0 Å². The number of likely N-dealkylation sites (N-methyl/N-ethyl adjacent to an activating group) is 1. The van der Waals surface area contributed by atoms with E-state index < -0.39 is 0 Å². The summed E-state index contributed by atoms with van der Waals surface area (Å²) in [6.45, 7) is 6.11.